The summed E-state index contributed by atoms with van der Waals surface area (Å²) >= 11 is 0. The lowest BCUT2D eigenvalue weighted by atomic mass is 10.1. The number of carbonyl (C=O) groups excluding carboxylic acids is 2. The molecule has 1 saturated heterocycles. The summed E-state index contributed by atoms with van der Waals surface area (Å²) in [6, 6.07) is 3.12. The second-order valence-electron chi connectivity index (χ2n) is 9.88. The van der Waals surface area contributed by atoms with E-state index in [-0.39, 0.29) is 34.8 Å². The van der Waals surface area contributed by atoms with Crippen LogP contribution in [0.3, 0.4) is 0 Å². The first-order chi connectivity index (χ1) is 18.9. The minimum atomic E-state index is -0.700. The van der Waals surface area contributed by atoms with E-state index in [9.17, 15) is 9.59 Å². The smallest absolute Gasteiger partial charge is 0.255 e. The summed E-state index contributed by atoms with van der Waals surface area (Å²) < 4.78 is 24.0. The van der Waals surface area contributed by atoms with Crippen molar-refractivity contribution in [3.63, 3.8) is 0 Å². The summed E-state index contributed by atoms with van der Waals surface area (Å²) in [6.45, 7) is 6.89. The van der Waals surface area contributed by atoms with E-state index in [4.69, 9.17) is 10.5 Å². The first-order valence-electron chi connectivity index (χ1n) is 13.1. The van der Waals surface area contributed by atoms with Gasteiger partial charge in [-0.25, -0.2) is 14.1 Å². The maximum atomic E-state index is 15.0. The SMILES string of the molecule is C=CC(=O)N1C[C@@H](n2nc(C#Cc3cc4ncn(C5CC5)c4cc3F)c(C(N)=O)c2NCC)C[C@@H]1CCOC. The van der Waals surface area contributed by atoms with Crippen LogP contribution < -0.4 is 11.1 Å². The predicted molar refractivity (Wildman–Crippen MR) is 145 cm³/mol. The van der Waals surface area contributed by atoms with E-state index >= 15 is 4.39 Å². The number of nitrogens with zero attached hydrogens (tertiary/aromatic N) is 5. The van der Waals surface area contributed by atoms with Gasteiger partial charge in [-0.3, -0.25) is 9.59 Å². The van der Waals surface area contributed by atoms with Gasteiger partial charge in [0.15, 0.2) is 5.69 Å². The zero-order valence-corrected chi connectivity index (χ0v) is 22.1. The van der Waals surface area contributed by atoms with Crippen LogP contribution in [-0.2, 0) is 9.53 Å². The van der Waals surface area contributed by atoms with Gasteiger partial charge < -0.3 is 25.3 Å². The van der Waals surface area contributed by atoms with Gasteiger partial charge in [-0.2, -0.15) is 5.10 Å². The molecule has 2 fully saturated rings. The molecule has 10 nitrogen and oxygen atoms in total. The number of methoxy groups -OCH3 is 1. The average molecular weight is 534 g/mol. The van der Waals surface area contributed by atoms with Gasteiger partial charge in [-0.1, -0.05) is 12.5 Å². The third-order valence-corrected chi connectivity index (χ3v) is 7.27. The number of nitrogens with one attached hydrogen (secondary N) is 1. The third kappa shape index (κ3) is 5.12. The monoisotopic (exact) mass is 533 g/mol. The second kappa shape index (κ2) is 10.9. The van der Waals surface area contributed by atoms with Crippen LogP contribution in [0.25, 0.3) is 11.0 Å². The Bertz CT molecular complexity index is 1490. The Hall–Kier alpha value is -4.17. The first kappa shape index (κ1) is 26.4. The summed E-state index contributed by atoms with van der Waals surface area (Å²) in [5.74, 6) is 4.79. The lowest BCUT2D eigenvalue weighted by Crippen LogP contribution is -2.35. The molecule has 1 aliphatic heterocycles. The molecule has 11 heteroatoms. The molecule has 0 unspecified atom stereocenters. The van der Waals surface area contributed by atoms with E-state index in [2.05, 4.69) is 33.8 Å². The second-order valence-corrected chi connectivity index (χ2v) is 9.88. The summed E-state index contributed by atoms with van der Waals surface area (Å²) in [4.78, 5) is 31.3. The molecular weight excluding hydrogens is 501 g/mol. The van der Waals surface area contributed by atoms with Crippen molar-refractivity contribution in [1.29, 1.82) is 0 Å². The quantitative estimate of drug-likeness (QED) is 0.322. The van der Waals surface area contributed by atoms with Gasteiger partial charge in [0.05, 0.1) is 29.0 Å². The fraction of sp³-hybridized carbons (Fsp3) is 0.429. The topological polar surface area (TPSA) is 120 Å². The normalized spacial score (nSPS) is 18.7. The standard InChI is InChI=1S/C28H32FN7O3/c1-4-25(37)34-15-20(13-19(34)10-11-39-3)36-28(31-5-2)26(27(30)38)22(33-36)9-6-17-12-23-24(14-21(17)29)35(16-32-23)18-7-8-18/h4,12,14,16,18-20,31H,1,5,7-8,10-11,13,15H2,2-3H3,(H2,30,38)/t19-,20-/m0/s1. The number of hydrogen-bond donors (Lipinski definition) is 2. The number of aromatic nitrogens is 4. The van der Waals surface area contributed by atoms with Crippen LogP contribution in [0.5, 0.6) is 0 Å². The molecule has 2 aromatic heterocycles. The molecule has 1 aliphatic carbocycles. The summed E-state index contributed by atoms with van der Waals surface area (Å²) in [5, 5.41) is 7.84. The van der Waals surface area contributed by atoms with Crippen molar-refractivity contribution in [3.8, 4) is 11.8 Å². The Morgan fingerprint density at radius 1 is 1.31 bits per heavy atom. The van der Waals surface area contributed by atoms with E-state index < -0.39 is 11.7 Å². The number of ether oxygens (including phenoxy) is 1. The van der Waals surface area contributed by atoms with Crippen LogP contribution in [-0.4, -0.2) is 68.9 Å². The Morgan fingerprint density at radius 2 is 2.10 bits per heavy atom. The summed E-state index contributed by atoms with van der Waals surface area (Å²) in [6.07, 6.45) is 6.41. The number of carbonyl (C=O) groups is 2. The molecular formula is C28H32FN7O3. The van der Waals surface area contributed by atoms with Crippen molar-refractivity contribution in [2.24, 2.45) is 5.73 Å². The number of nitrogens with two attached hydrogens (primary N) is 1. The van der Waals surface area contributed by atoms with Crippen LogP contribution in [0, 0.1) is 17.7 Å². The fourth-order valence-corrected chi connectivity index (χ4v) is 5.25. The van der Waals surface area contributed by atoms with E-state index in [0.29, 0.717) is 49.9 Å². The number of fused-ring (bicyclic) bond motifs is 1. The number of imidazole rings is 1. The van der Waals surface area contributed by atoms with E-state index in [1.165, 1.54) is 12.1 Å². The van der Waals surface area contributed by atoms with Crippen molar-refractivity contribution >= 4 is 28.7 Å². The van der Waals surface area contributed by atoms with Gasteiger partial charge >= 0.3 is 0 Å². The molecule has 2 aliphatic rings. The highest BCUT2D eigenvalue weighted by Crippen LogP contribution is 2.37. The highest BCUT2D eigenvalue weighted by molar-refractivity contribution is 6.00. The Kier molecular flexibility index (Phi) is 7.39. The zero-order valence-electron chi connectivity index (χ0n) is 22.1. The Balaban J connectivity index is 1.52. The molecule has 5 rings (SSSR count). The largest absolute Gasteiger partial charge is 0.385 e. The molecule has 1 aromatic carbocycles. The van der Waals surface area contributed by atoms with Crippen LogP contribution in [0.2, 0.25) is 0 Å². The minimum absolute atomic E-state index is 0.0815. The molecule has 1 saturated carbocycles. The van der Waals surface area contributed by atoms with Crippen LogP contribution >= 0.6 is 0 Å². The number of benzene rings is 1. The fourth-order valence-electron chi connectivity index (χ4n) is 5.25. The lowest BCUT2D eigenvalue weighted by Gasteiger charge is -2.22. The molecule has 0 spiro atoms. The van der Waals surface area contributed by atoms with Crippen LogP contribution in [0.15, 0.2) is 31.1 Å². The third-order valence-electron chi connectivity index (χ3n) is 7.27. The summed E-state index contributed by atoms with van der Waals surface area (Å²) in [7, 11) is 1.62. The number of amides is 2. The van der Waals surface area contributed by atoms with Gasteiger partial charge in [-0.15, -0.1) is 0 Å². The molecule has 3 aromatic rings. The summed E-state index contributed by atoms with van der Waals surface area (Å²) in [5.41, 5.74) is 7.59. The molecule has 39 heavy (non-hydrogen) atoms. The molecule has 3 heterocycles. The number of likely N-dealkylation sites (tertiary alicyclic amines) is 1. The number of hydrogen-bond acceptors (Lipinski definition) is 6. The predicted octanol–water partition coefficient (Wildman–Crippen LogP) is 3.00. The average Bonchev–Trinajstić information content (AvgIpc) is 3.38. The molecule has 2 atom stereocenters. The van der Waals surface area contributed by atoms with Crippen molar-refractivity contribution < 1.29 is 18.7 Å². The number of halogens is 1. The maximum Gasteiger partial charge on any atom is 0.255 e. The van der Waals surface area contributed by atoms with Crippen LogP contribution in [0.4, 0.5) is 10.2 Å². The van der Waals surface area contributed by atoms with E-state index in [0.717, 1.165) is 18.4 Å². The molecule has 204 valence electrons. The molecule has 0 radical (unpaired) electrons. The van der Waals surface area contributed by atoms with Crippen molar-refractivity contribution in [2.45, 2.75) is 50.7 Å². The Labute approximate surface area is 226 Å². The lowest BCUT2D eigenvalue weighted by molar-refractivity contribution is -0.127. The van der Waals surface area contributed by atoms with Crippen molar-refractivity contribution in [1.82, 2.24) is 24.2 Å². The highest BCUT2D eigenvalue weighted by Gasteiger charge is 2.37. The van der Waals surface area contributed by atoms with Crippen molar-refractivity contribution in [2.75, 3.05) is 32.1 Å². The van der Waals surface area contributed by atoms with Gasteiger partial charge in [0.2, 0.25) is 5.91 Å². The zero-order chi connectivity index (χ0) is 27.7. The molecule has 3 N–H and O–H groups in total. The minimum Gasteiger partial charge on any atom is -0.385 e. The number of primary amides is 1. The maximum absolute atomic E-state index is 15.0. The van der Waals surface area contributed by atoms with E-state index in [1.54, 1.807) is 29.1 Å². The van der Waals surface area contributed by atoms with Gasteiger partial charge in [-0.05, 0) is 50.7 Å². The number of anilines is 1. The molecule has 2 amide bonds. The van der Waals surface area contributed by atoms with E-state index in [1.807, 2.05) is 11.5 Å². The highest BCUT2D eigenvalue weighted by atomic mass is 19.1. The van der Waals surface area contributed by atoms with Crippen molar-refractivity contribution in [3.05, 3.63) is 53.8 Å². The van der Waals surface area contributed by atoms with Crippen LogP contribution in [0.1, 0.15) is 66.3 Å². The van der Waals surface area contributed by atoms with Gasteiger partial charge in [0.25, 0.3) is 5.91 Å². The Morgan fingerprint density at radius 3 is 2.77 bits per heavy atom. The number of rotatable bonds is 9. The van der Waals surface area contributed by atoms with Gasteiger partial charge in [0.1, 0.15) is 17.2 Å². The van der Waals surface area contributed by atoms with Gasteiger partial charge in [0, 0.05) is 45.0 Å². The molecule has 0 bridgehead atoms. The first-order valence-corrected chi connectivity index (χ1v) is 13.1.